The van der Waals surface area contributed by atoms with Gasteiger partial charge in [0.05, 0.1) is 29.4 Å². The van der Waals surface area contributed by atoms with Crippen LogP contribution in [-0.4, -0.2) is 63.7 Å². The first-order valence-corrected chi connectivity index (χ1v) is 12.5. The molecule has 2 rings (SSSR count). The van der Waals surface area contributed by atoms with Gasteiger partial charge in [0.15, 0.2) is 0 Å². The Kier molecular flexibility index (Phi) is 9.52. The Bertz CT molecular complexity index is 742. The Morgan fingerprint density at radius 1 is 1.48 bits per heavy atom. The normalized spacial score (nSPS) is 16.1. The summed E-state index contributed by atoms with van der Waals surface area (Å²) in [5.74, 6) is 2.69. The zero-order valence-electron chi connectivity index (χ0n) is 15.2. The van der Waals surface area contributed by atoms with Crippen LogP contribution in [0.25, 0.3) is 0 Å². The van der Waals surface area contributed by atoms with Crippen LogP contribution in [0.5, 0.6) is 0 Å². The lowest BCUT2D eigenvalue weighted by Gasteiger charge is -2.34. The van der Waals surface area contributed by atoms with Gasteiger partial charge in [-0.2, -0.15) is 0 Å². The van der Waals surface area contributed by atoms with E-state index >= 15 is 0 Å². The number of ether oxygens (including phenoxy) is 1. The maximum atomic E-state index is 11.5. The number of non-ortho nitro benzene ring substituents is 1. The second kappa shape index (κ2) is 11.4. The molecule has 1 aliphatic heterocycles. The van der Waals surface area contributed by atoms with Gasteiger partial charge < -0.3 is 9.64 Å². The number of hydrogen-bond donors (Lipinski definition) is 0. The molecule has 0 radical (unpaired) electrons. The lowest BCUT2D eigenvalue weighted by atomic mass is 10.1. The third-order valence-corrected chi connectivity index (χ3v) is 7.11. The third kappa shape index (κ3) is 5.67. The van der Waals surface area contributed by atoms with E-state index in [0.29, 0.717) is 18.8 Å². The van der Waals surface area contributed by atoms with Crippen LogP contribution in [0.15, 0.2) is 17.0 Å². The number of hydrogen-bond acceptors (Lipinski definition) is 5. The lowest BCUT2D eigenvalue weighted by molar-refractivity contribution is -0.385. The maximum Gasteiger partial charge on any atom is 0.271 e. The zero-order chi connectivity index (χ0) is 19.8. The average molecular weight is 568 g/mol. The summed E-state index contributed by atoms with van der Waals surface area (Å²) in [6.45, 7) is 6.55. The Morgan fingerprint density at radius 2 is 2.19 bits per heavy atom. The monoisotopic (exact) mass is 567 g/mol. The number of nitrogens with zero attached hydrogens (tertiary/aromatic N) is 3. The number of rotatable bonds is 8. The fraction of sp³-hybridized carbons (Fsp3) is 0.500. The molecule has 1 aliphatic rings. The number of nitro benzene ring substituents is 1. The van der Waals surface area contributed by atoms with Gasteiger partial charge in [0.2, 0.25) is 0 Å². The molecule has 0 bridgehead atoms. The largest absolute Gasteiger partial charge is 0.379 e. The molecule has 148 valence electrons. The van der Waals surface area contributed by atoms with Crippen LogP contribution in [0.4, 0.5) is 11.4 Å². The predicted molar refractivity (Wildman–Crippen MR) is 126 cm³/mol. The molecule has 1 fully saturated rings. The van der Waals surface area contributed by atoms with Crippen LogP contribution < -0.4 is 4.90 Å². The number of benzene rings is 1. The number of anilines is 1. The zero-order valence-corrected chi connectivity index (χ0v) is 19.8. The molecule has 6 nitrogen and oxygen atoms in total. The van der Waals surface area contributed by atoms with Crippen molar-refractivity contribution in [2.75, 3.05) is 54.1 Å². The quantitative estimate of drug-likeness (QED) is 0.119. The molecule has 1 atom stereocenters. The molecular formula is C18H23BrIN3O3S. The van der Waals surface area contributed by atoms with Crippen LogP contribution in [-0.2, 0) is 4.74 Å². The van der Waals surface area contributed by atoms with Gasteiger partial charge in [0.25, 0.3) is 5.69 Å². The highest BCUT2D eigenvalue weighted by Gasteiger charge is 2.25. The molecule has 1 aromatic rings. The summed E-state index contributed by atoms with van der Waals surface area (Å²) in [5.41, 5.74) is 1.56. The van der Waals surface area contributed by atoms with Gasteiger partial charge in [-0.05, 0) is 12.3 Å². The van der Waals surface area contributed by atoms with E-state index in [9.17, 15) is 10.1 Å². The molecule has 0 aliphatic carbocycles. The summed E-state index contributed by atoms with van der Waals surface area (Å²) in [7, 11) is -0.390. The smallest absolute Gasteiger partial charge is 0.271 e. The lowest BCUT2D eigenvalue weighted by Crippen LogP contribution is -2.33. The predicted octanol–water partition coefficient (Wildman–Crippen LogP) is 3.91. The van der Waals surface area contributed by atoms with Crippen LogP contribution in [0.1, 0.15) is 12.5 Å². The van der Waals surface area contributed by atoms with Gasteiger partial charge in [0.1, 0.15) is 0 Å². The van der Waals surface area contributed by atoms with Crippen molar-refractivity contribution in [2.45, 2.75) is 11.8 Å². The first kappa shape index (κ1) is 22.6. The number of morpholine rings is 1. The Morgan fingerprint density at radius 3 is 2.70 bits per heavy atom. The van der Waals surface area contributed by atoms with Gasteiger partial charge in [0, 0.05) is 53.0 Å². The van der Waals surface area contributed by atoms with Crippen LogP contribution in [0.2, 0.25) is 0 Å². The summed E-state index contributed by atoms with van der Waals surface area (Å²) in [6, 6.07) is 3.22. The van der Waals surface area contributed by atoms with Gasteiger partial charge in [-0.1, -0.05) is 55.1 Å². The highest BCUT2D eigenvalue weighted by Crippen LogP contribution is 2.42. The van der Waals surface area contributed by atoms with E-state index < -0.39 is 10.7 Å². The van der Waals surface area contributed by atoms with Crippen molar-refractivity contribution >= 4 is 65.9 Å². The van der Waals surface area contributed by atoms with E-state index in [1.165, 1.54) is 6.07 Å². The van der Waals surface area contributed by atoms with Gasteiger partial charge in [-0.15, -0.1) is 6.42 Å². The molecular weight excluding hydrogens is 545 g/mol. The second-order valence-electron chi connectivity index (χ2n) is 5.70. The standard InChI is InChI=1S/C18H23BrIN3O3S/c1-3-15-13-16(23(24)25)14-17(18(15)21(7-5-19)8-6-20)27(4-2)22-9-11-26-12-10-22/h1,4,13-14H,5-12H2,2H3. The summed E-state index contributed by atoms with van der Waals surface area (Å²) >= 11 is 5.86. The summed E-state index contributed by atoms with van der Waals surface area (Å²) in [4.78, 5) is 14.3. The fourth-order valence-electron chi connectivity index (χ4n) is 2.99. The highest BCUT2D eigenvalue weighted by atomic mass is 127. The number of nitro groups is 1. The van der Waals surface area contributed by atoms with E-state index in [-0.39, 0.29) is 10.6 Å². The first-order valence-electron chi connectivity index (χ1n) is 8.58. The minimum Gasteiger partial charge on any atom is -0.379 e. The molecule has 27 heavy (non-hydrogen) atoms. The number of alkyl halides is 2. The minimum atomic E-state index is -0.390. The van der Waals surface area contributed by atoms with Crippen molar-refractivity contribution in [3.05, 3.63) is 27.8 Å². The van der Waals surface area contributed by atoms with E-state index in [4.69, 9.17) is 11.2 Å². The van der Waals surface area contributed by atoms with Crippen molar-refractivity contribution in [3.8, 4) is 12.3 Å². The molecule has 0 saturated carbocycles. The molecule has 0 aromatic heterocycles. The topological polar surface area (TPSA) is 58.9 Å². The van der Waals surface area contributed by atoms with Crippen molar-refractivity contribution in [3.63, 3.8) is 0 Å². The Labute approximate surface area is 185 Å². The molecule has 1 aromatic carbocycles. The summed E-state index contributed by atoms with van der Waals surface area (Å²) in [5, 5.41) is 14.4. The second-order valence-corrected chi connectivity index (χ2v) is 9.63. The highest BCUT2D eigenvalue weighted by molar-refractivity contribution is 14.1. The molecule has 1 unspecified atom stereocenters. The molecule has 1 saturated heterocycles. The van der Waals surface area contributed by atoms with Gasteiger partial charge in [-0.25, -0.2) is 4.31 Å². The van der Waals surface area contributed by atoms with E-state index in [2.05, 4.69) is 59.0 Å². The first-order chi connectivity index (χ1) is 13.1. The van der Waals surface area contributed by atoms with E-state index in [0.717, 1.165) is 46.5 Å². The van der Waals surface area contributed by atoms with E-state index in [1.807, 2.05) is 6.92 Å². The van der Waals surface area contributed by atoms with Crippen molar-refractivity contribution in [1.82, 2.24) is 4.31 Å². The minimum absolute atomic E-state index is 0.0441. The average Bonchev–Trinajstić information content (AvgIpc) is 2.68. The van der Waals surface area contributed by atoms with Gasteiger partial charge in [-0.3, -0.25) is 10.1 Å². The van der Waals surface area contributed by atoms with E-state index in [1.54, 1.807) is 6.07 Å². The van der Waals surface area contributed by atoms with Crippen molar-refractivity contribution in [2.24, 2.45) is 0 Å². The van der Waals surface area contributed by atoms with Crippen LogP contribution in [0, 0.1) is 22.5 Å². The molecule has 0 amide bonds. The maximum absolute atomic E-state index is 11.5. The third-order valence-electron chi connectivity index (χ3n) is 4.15. The molecule has 9 heteroatoms. The Balaban J connectivity index is 2.68. The van der Waals surface area contributed by atoms with Crippen LogP contribution >= 0.6 is 49.2 Å². The molecule has 0 spiro atoms. The molecule has 1 heterocycles. The molecule has 0 N–H and O–H groups in total. The summed E-state index contributed by atoms with van der Waals surface area (Å²) < 4.78 is 8.74. The number of terminal acetylenes is 1. The fourth-order valence-corrected chi connectivity index (χ4v) is 6.05. The Hall–Kier alpha value is -0.670. The van der Waals surface area contributed by atoms with Crippen LogP contribution in [0.3, 0.4) is 0 Å². The number of halogens is 2. The van der Waals surface area contributed by atoms with Gasteiger partial charge >= 0.3 is 0 Å². The summed E-state index contributed by atoms with van der Waals surface area (Å²) in [6.07, 6.45) is 5.79. The SMILES string of the molecule is C#Cc1cc([N+](=O)[O-])cc(/S(=C\C)N2CCOCC2)c1N(CCBr)CCI. The van der Waals surface area contributed by atoms with Crippen molar-refractivity contribution < 1.29 is 9.66 Å². The van der Waals surface area contributed by atoms with Crippen molar-refractivity contribution in [1.29, 1.82) is 0 Å².